The number of aliphatic hydroxyl groups excluding tert-OH is 1. The molecule has 0 aromatic heterocycles. The van der Waals surface area contributed by atoms with E-state index in [1.54, 1.807) is 6.92 Å². The summed E-state index contributed by atoms with van der Waals surface area (Å²) in [7, 11) is 0. The van der Waals surface area contributed by atoms with Crippen LogP contribution in [0.3, 0.4) is 0 Å². The highest BCUT2D eigenvalue weighted by molar-refractivity contribution is 5.90. The molecule has 2 aromatic carbocycles. The van der Waals surface area contributed by atoms with E-state index in [1.165, 1.54) is 5.56 Å². The minimum atomic E-state index is -0.671. The van der Waals surface area contributed by atoms with E-state index in [-0.39, 0.29) is 23.8 Å². The molecule has 1 unspecified atom stereocenters. The van der Waals surface area contributed by atoms with Crippen molar-refractivity contribution in [2.24, 2.45) is 11.7 Å². The lowest BCUT2D eigenvalue weighted by Crippen LogP contribution is -2.56. The first kappa shape index (κ1) is 27.8. The van der Waals surface area contributed by atoms with Crippen LogP contribution in [0, 0.1) is 5.92 Å². The maximum atomic E-state index is 13.6. The zero-order valence-electron chi connectivity index (χ0n) is 21.8. The van der Waals surface area contributed by atoms with Gasteiger partial charge in [0, 0.05) is 32.1 Å². The van der Waals surface area contributed by atoms with Crippen LogP contribution in [0.2, 0.25) is 0 Å². The van der Waals surface area contributed by atoms with Crippen molar-refractivity contribution in [3.63, 3.8) is 0 Å². The zero-order valence-corrected chi connectivity index (χ0v) is 21.8. The number of benzene rings is 2. The first-order valence-electron chi connectivity index (χ1n) is 13.1. The monoisotopic (exact) mass is 494 g/mol. The van der Waals surface area contributed by atoms with Crippen LogP contribution in [0.25, 0.3) is 0 Å². The minimum absolute atomic E-state index is 0.0212. The first-order chi connectivity index (χ1) is 17.3. The number of aliphatic hydroxyl groups is 1. The van der Waals surface area contributed by atoms with Crippen LogP contribution < -0.4 is 11.1 Å². The number of carbonyl (C=O) groups is 2. The second kappa shape index (κ2) is 13.5. The number of hydrogen-bond acceptors (Lipinski definition) is 5. The highest BCUT2D eigenvalue weighted by Crippen LogP contribution is 2.23. The van der Waals surface area contributed by atoms with Crippen molar-refractivity contribution in [1.29, 1.82) is 0 Å². The number of nitrogens with one attached hydrogen (secondary N) is 1. The van der Waals surface area contributed by atoms with Gasteiger partial charge in [0.05, 0.1) is 6.04 Å². The average molecular weight is 495 g/mol. The van der Waals surface area contributed by atoms with E-state index < -0.39 is 18.3 Å². The molecular weight excluding hydrogens is 452 g/mol. The van der Waals surface area contributed by atoms with Gasteiger partial charge in [0.25, 0.3) is 0 Å². The summed E-state index contributed by atoms with van der Waals surface area (Å²) in [5.74, 6) is -0.443. The topological polar surface area (TPSA) is 98.9 Å². The van der Waals surface area contributed by atoms with Crippen molar-refractivity contribution in [3.05, 3.63) is 71.8 Å². The number of hydrogen-bond donors (Lipinski definition) is 3. The Morgan fingerprint density at radius 3 is 2.25 bits per heavy atom. The third-order valence-corrected chi connectivity index (χ3v) is 6.96. The number of carbonyl (C=O) groups excluding carboxylic acids is 2. The second-order valence-electron chi connectivity index (χ2n) is 10.2. The van der Waals surface area contributed by atoms with Crippen LogP contribution in [-0.2, 0) is 22.4 Å². The zero-order chi connectivity index (χ0) is 26.1. The van der Waals surface area contributed by atoms with Crippen molar-refractivity contribution in [1.82, 2.24) is 15.1 Å². The molecule has 7 nitrogen and oxygen atoms in total. The van der Waals surface area contributed by atoms with Gasteiger partial charge in [-0.2, -0.15) is 0 Å². The maximum Gasteiger partial charge on any atom is 0.245 e. The molecule has 4 atom stereocenters. The maximum absolute atomic E-state index is 13.6. The summed E-state index contributed by atoms with van der Waals surface area (Å²) in [5.41, 5.74) is 8.03. The van der Waals surface area contributed by atoms with Crippen LogP contribution in [0.15, 0.2) is 60.7 Å². The fourth-order valence-electron chi connectivity index (χ4n) is 4.80. The highest BCUT2D eigenvalue weighted by atomic mass is 16.3. The Balaban J connectivity index is 1.73. The van der Waals surface area contributed by atoms with Gasteiger partial charge in [0.2, 0.25) is 11.8 Å². The predicted molar refractivity (Wildman–Crippen MR) is 143 cm³/mol. The summed E-state index contributed by atoms with van der Waals surface area (Å²) in [4.78, 5) is 29.8. The molecule has 1 aliphatic rings. The quantitative estimate of drug-likeness (QED) is 0.394. The second-order valence-corrected chi connectivity index (χ2v) is 10.2. The molecule has 2 amide bonds. The molecule has 1 fully saturated rings. The van der Waals surface area contributed by atoms with Gasteiger partial charge < -0.3 is 21.1 Å². The van der Waals surface area contributed by atoms with E-state index in [2.05, 4.69) is 22.3 Å². The lowest BCUT2D eigenvalue weighted by Gasteiger charge is -2.36. The summed E-state index contributed by atoms with van der Waals surface area (Å²) in [6, 6.07) is 18.9. The summed E-state index contributed by atoms with van der Waals surface area (Å²) < 4.78 is 0. The fraction of sp³-hybridized carbons (Fsp3) is 0.517. The molecule has 1 aliphatic heterocycles. The Hall–Kier alpha value is -2.74. The number of rotatable bonds is 12. The van der Waals surface area contributed by atoms with Crippen molar-refractivity contribution in [3.8, 4) is 0 Å². The molecule has 7 heteroatoms. The standard InChI is InChI=1S/C29H42N4O3/c1-21(2)27(31-28(35)22(3)30)29(36)33-17-10-15-25(33)20-32(18-16-23-11-6-4-7-12-23)26(34)19-24-13-8-5-9-14-24/h4-9,11-14,21-22,25-27,34H,10,15-20,30H2,1-3H3,(H,31,35)/t22-,25-,26?,27-/m0/s1. The van der Waals surface area contributed by atoms with E-state index in [9.17, 15) is 14.7 Å². The SMILES string of the molecule is CC(C)[C@H](NC(=O)[C@H](C)N)C(=O)N1CCC[C@H]1CN(CCc1ccccc1)C(O)Cc1ccccc1. The Labute approximate surface area is 215 Å². The third kappa shape index (κ3) is 7.88. The minimum Gasteiger partial charge on any atom is -0.378 e. The van der Waals surface area contributed by atoms with Gasteiger partial charge in [-0.3, -0.25) is 14.5 Å². The Morgan fingerprint density at radius 2 is 1.67 bits per heavy atom. The molecule has 1 saturated heterocycles. The molecule has 0 bridgehead atoms. The summed E-state index contributed by atoms with van der Waals surface area (Å²) in [6.45, 7) is 7.41. The van der Waals surface area contributed by atoms with Crippen LogP contribution in [-0.4, -0.2) is 70.7 Å². The Morgan fingerprint density at radius 1 is 1.06 bits per heavy atom. The molecule has 0 radical (unpaired) electrons. The summed E-state index contributed by atoms with van der Waals surface area (Å²) in [5, 5.41) is 14.1. The fourth-order valence-corrected chi connectivity index (χ4v) is 4.80. The largest absolute Gasteiger partial charge is 0.378 e. The molecule has 1 heterocycles. The highest BCUT2D eigenvalue weighted by Gasteiger charge is 2.37. The van der Waals surface area contributed by atoms with Crippen LogP contribution >= 0.6 is 0 Å². The van der Waals surface area contributed by atoms with E-state index in [1.807, 2.05) is 67.3 Å². The third-order valence-electron chi connectivity index (χ3n) is 6.96. The van der Waals surface area contributed by atoms with E-state index in [0.29, 0.717) is 26.1 Å². The van der Waals surface area contributed by atoms with E-state index in [0.717, 1.165) is 24.8 Å². The van der Waals surface area contributed by atoms with E-state index >= 15 is 0 Å². The van der Waals surface area contributed by atoms with Gasteiger partial charge in [-0.15, -0.1) is 0 Å². The molecule has 196 valence electrons. The van der Waals surface area contributed by atoms with Crippen LogP contribution in [0.4, 0.5) is 0 Å². The van der Waals surface area contributed by atoms with Gasteiger partial charge in [-0.25, -0.2) is 0 Å². The molecule has 0 saturated carbocycles. The number of likely N-dealkylation sites (tertiary alicyclic amines) is 1. The first-order valence-corrected chi connectivity index (χ1v) is 13.1. The average Bonchev–Trinajstić information content (AvgIpc) is 3.33. The smallest absolute Gasteiger partial charge is 0.245 e. The van der Waals surface area contributed by atoms with Crippen molar-refractivity contribution in [2.75, 3.05) is 19.6 Å². The van der Waals surface area contributed by atoms with Gasteiger partial charge >= 0.3 is 0 Å². The Kier molecular flexibility index (Phi) is 10.5. The Bertz CT molecular complexity index is 952. The van der Waals surface area contributed by atoms with Crippen molar-refractivity contribution >= 4 is 11.8 Å². The molecular formula is C29H42N4O3. The number of nitrogens with two attached hydrogens (primary N) is 1. The molecule has 36 heavy (non-hydrogen) atoms. The van der Waals surface area contributed by atoms with Crippen molar-refractivity contribution < 1.29 is 14.7 Å². The summed E-state index contributed by atoms with van der Waals surface area (Å²) in [6.07, 6.45) is 2.45. The molecule has 4 N–H and O–H groups in total. The van der Waals surface area contributed by atoms with Crippen LogP contribution in [0.5, 0.6) is 0 Å². The lowest BCUT2D eigenvalue weighted by molar-refractivity contribution is -0.139. The van der Waals surface area contributed by atoms with Crippen LogP contribution in [0.1, 0.15) is 44.7 Å². The van der Waals surface area contributed by atoms with Gasteiger partial charge in [0.15, 0.2) is 0 Å². The summed E-state index contributed by atoms with van der Waals surface area (Å²) >= 11 is 0. The predicted octanol–water partition coefficient (Wildman–Crippen LogP) is 2.57. The molecule has 0 spiro atoms. The van der Waals surface area contributed by atoms with Gasteiger partial charge in [-0.1, -0.05) is 74.5 Å². The molecule has 3 rings (SSSR count). The lowest BCUT2D eigenvalue weighted by atomic mass is 10.0. The van der Waals surface area contributed by atoms with Crippen molar-refractivity contribution in [2.45, 2.75) is 70.8 Å². The number of amides is 2. The van der Waals surface area contributed by atoms with Gasteiger partial charge in [-0.05, 0) is 43.2 Å². The van der Waals surface area contributed by atoms with Gasteiger partial charge in [0.1, 0.15) is 12.3 Å². The van der Waals surface area contributed by atoms with E-state index in [4.69, 9.17) is 5.73 Å². The number of nitrogens with zero attached hydrogens (tertiary/aromatic N) is 2. The molecule has 2 aromatic rings. The molecule has 0 aliphatic carbocycles. The normalized spacial score (nSPS) is 18.3.